The predicted molar refractivity (Wildman–Crippen MR) is 40.7 cm³/mol. The average Bonchev–Trinajstić information content (AvgIpc) is 2.03. The van der Waals surface area contributed by atoms with Crippen LogP contribution in [-0.2, 0) is 0 Å². The Morgan fingerprint density at radius 1 is 0.625 bits per heavy atom. The van der Waals surface area contributed by atoms with Crippen molar-refractivity contribution in [2.45, 2.75) is 0 Å². The van der Waals surface area contributed by atoms with Crippen LogP contribution in [0, 0.1) is 0 Å². The van der Waals surface area contributed by atoms with Crippen molar-refractivity contribution >= 4 is 12.0 Å². The van der Waals surface area contributed by atoms with E-state index in [1.807, 2.05) is 0 Å². The van der Waals surface area contributed by atoms with Gasteiger partial charge in [-0.15, -0.1) is 43.5 Å². The van der Waals surface area contributed by atoms with Crippen LogP contribution < -0.4 is 0 Å². The summed E-state index contributed by atoms with van der Waals surface area (Å²) in [6, 6.07) is 0. The van der Waals surface area contributed by atoms with Gasteiger partial charge in [-0.25, -0.2) is 0 Å². The van der Waals surface area contributed by atoms with Gasteiger partial charge in [0.05, 0.1) is 0 Å². The first-order chi connectivity index (χ1) is 4.00. The molecule has 0 nitrogen and oxygen atoms in total. The molecular formula is C6H12ClF. The van der Waals surface area contributed by atoms with E-state index in [0.717, 1.165) is 0 Å². The molecule has 0 radical (unpaired) electrons. The van der Waals surface area contributed by atoms with E-state index in [1.165, 1.54) is 0 Å². The highest BCUT2D eigenvalue weighted by Gasteiger charge is 1.01. The quantitative estimate of drug-likeness (QED) is 0.450. The summed E-state index contributed by atoms with van der Waals surface area (Å²) < 4.78 is 8.97. The number of rotatable bonds is 0. The molecule has 0 atom stereocenters. The van der Waals surface area contributed by atoms with Crippen molar-refractivity contribution in [3.8, 4) is 0 Å². The fraction of sp³-hybridized carbons (Fsp3) is 0. The maximum absolute atomic E-state index is 8.97. The Bertz CT molecular complexity index is 13.2. The topological polar surface area (TPSA) is 0 Å². The first kappa shape index (κ1) is 26.1. The van der Waals surface area contributed by atoms with E-state index in [0.29, 0.717) is 0 Å². The molecule has 0 saturated carbocycles. The molecule has 50 valence electrons. The van der Waals surface area contributed by atoms with E-state index < -0.39 is 0 Å². The normalized spacial score (nSPS) is 2.25. The summed E-state index contributed by atoms with van der Waals surface area (Å²) in [5.41, 5.74) is 0. The zero-order valence-corrected chi connectivity index (χ0v) is 5.75. The van der Waals surface area contributed by atoms with Gasteiger partial charge in [-0.3, -0.25) is 0 Å². The van der Waals surface area contributed by atoms with Gasteiger partial charge in [0, 0.05) is 0 Å². The molecule has 0 unspecified atom stereocenters. The van der Waals surface area contributed by atoms with Crippen LogP contribution in [0.5, 0.6) is 0 Å². The van der Waals surface area contributed by atoms with Crippen LogP contribution in [0.1, 0.15) is 0 Å². The molecule has 8 heavy (non-hydrogen) atoms. The van der Waals surface area contributed by atoms with Crippen LogP contribution in [0.2, 0.25) is 0 Å². The van der Waals surface area contributed by atoms with Gasteiger partial charge in [0.25, 0.3) is 0 Å². The maximum atomic E-state index is 8.97. The zero-order valence-electron chi connectivity index (χ0n) is 5.00. The molecule has 0 bridgehead atoms. The van der Waals surface area contributed by atoms with Crippen molar-refractivity contribution in [3.63, 3.8) is 0 Å². The number of halogens is 2. The van der Waals surface area contributed by atoms with Crippen LogP contribution in [0.15, 0.2) is 39.5 Å². The Morgan fingerprint density at radius 3 is 0.625 bits per heavy atom. The van der Waals surface area contributed by atoms with Crippen LogP contribution in [-0.4, -0.2) is 0 Å². The molecule has 2 heteroatoms. The lowest BCUT2D eigenvalue weighted by Crippen LogP contribution is -0.552. The largest absolute Gasteiger partial charge is 0.116 e. The average molecular weight is 139 g/mol. The van der Waals surface area contributed by atoms with Crippen LogP contribution in [0.3, 0.4) is 0 Å². The second-order valence-electron chi connectivity index (χ2n) is 0. The van der Waals surface area contributed by atoms with Gasteiger partial charge in [0.15, 0.2) is 0 Å². The van der Waals surface area contributed by atoms with E-state index in [4.69, 9.17) is 3.98 Å². The molecule has 0 rings (SSSR count). The van der Waals surface area contributed by atoms with E-state index in [2.05, 4.69) is 51.4 Å². The Hall–Kier alpha value is -0.560. The molecule has 0 N–H and O–H groups in total. The monoisotopic (exact) mass is 138 g/mol. The van der Waals surface area contributed by atoms with Crippen LogP contribution >= 0.6 is 12.0 Å². The minimum atomic E-state index is 3.00. The maximum Gasteiger partial charge on any atom is 0.116 e. The highest BCUT2D eigenvalue weighted by molar-refractivity contribution is 6.06. The van der Waals surface area contributed by atoms with Gasteiger partial charge in [-0.2, -0.15) is 0 Å². The minimum Gasteiger partial charge on any atom is -0.116 e. The summed E-state index contributed by atoms with van der Waals surface area (Å²) in [5.74, 6) is 0. The van der Waals surface area contributed by atoms with Crippen molar-refractivity contribution < 1.29 is 3.98 Å². The van der Waals surface area contributed by atoms with Gasteiger partial charge < -0.3 is 0 Å². The number of hydrogen-bond donors (Lipinski definition) is 0. The van der Waals surface area contributed by atoms with E-state index in [-0.39, 0.29) is 0 Å². The van der Waals surface area contributed by atoms with Gasteiger partial charge >= 0.3 is 0 Å². The van der Waals surface area contributed by atoms with Crippen LogP contribution in [0.25, 0.3) is 0 Å². The smallest absolute Gasteiger partial charge is 0.116 e. The molecule has 0 aliphatic heterocycles. The molecule has 0 spiro atoms. The molecule has 0 aromatic rings. The van der Waals surface area contributed by atoms with Crippen molar-refractivity contribution in [1.82, 2.24) is 0 Å². The molecule has 0 heterocycles. The zero-order chi connectivity index (χ0) is 8.00. The van der Waals surface area contributed by atoms with Crippen LogP contribution in [0.4, 0.5) is 3.98 Å². The molecule has 0 aromatic heterocycles. The van der Waals surface area contributed by atoms with Crippen molar-refractivity contribution in [2.75, 3.05) is 0 Å². The molecule has 0 saturated heterocycles. The first-order valence-corrected chi connectivity index (χ1v) is 1.93. The fourth-order valence-electron chi connectivity index (χ4n) is 0. The Labute approximate surface area is 56.2 Å². The highest BCUT2D eigenvalue weighted by atomic mass is 35.5. The Kier molecular flexibility index (Phi) is 1980. The molecule has 0 aliphatic carbocycles. The summed E-state index contributed by atoms with van der Waals surface area (Å²) in [7, 11) is 0. The van der Waals surface area contributed by atoms with Crippen molar-refractivity contribution in [1.29, 1.82) is 0 Å². The summed E-state index contributed by atoms with van der Waals surface area (Å²) >= 11 is 3.14. The standard InChI is InChI=1S/3C2H4.ClF/c4*1-2/h3*1-2H2;. The van der Waals surface area contributed by atoms with Gasteiger partial charge in [0.2, 0.25) is 0 Å². The SMILES string of the molecule is C=C.C=C.C=C.FCl. The van der Waals surface area contributed by atoms with Gasteiger partial charge in [-0.05, 0) is 0 Å². The highest BCUT2D eigenvalue weighted by Crippen LogP contribution is 1.56. The first-order valence-electron chi connectivity index (χ1n) is 1.64. The predicted octanol–water partition coefficient (Wildman–Crippen LogP) is 3.52. The molecule has 0 aliphatic rings. The Balaban J connectivity index is -0.0000000133. The molecular weight excluding hydrogens is 127 g/mol. The summed E-state index contributed by atoms with van der Waals surface area (Å²) in [4.78, 5) is 0. The second-order valence-corrected chi connectivity index (χ2v) is 0. The van der Waals surface area contributed by atoms with E-state index >= 15 is 0 Å². The molecule has 0 amide bonds. The fourth-order valence-corrected chi connectivity index (χ4v) is 0. The third-order valence-corrected chi connectivity index (χ3v) is 0. The summed E-state index contributed by atoms with van der Waals surface area (Å²) in [5, 5.41) is 0. The van der Waals surface area contributed by atoms with Crippen molar-refractivity contribution in [3.05, 3.63) is 39.5 Å². The minimum absolute atomic E-state index is 3.00. The van der Waals surface area contributed by atoms with Gasteiger partial charge in [-0.1, -0.05) is 0 Å². The number of hydrogen-bond acceptors (Lipinski definition) is 0. The van der Waals surface area contributed by atoms with Crippen molar-refractivity contribution in [2.24, 2.45) is 0 Å². The summed E-state index contributed by atoms with van der Waals surface area (Å²) in [6.45, 7) is 18.0. The van der Waals surface area contributed by atoms with E-state index in [9.17, 15) is 0 Å². The summed E-state index contributed by atoms with van der Waals surface area (Å²) in [6.07, 6.45) is 0. The van der Waals surface area contributed by atoms with E-state index in [1.54, 1.807) is 0 Å². The lowest BCUT2D eigenvalue weighted by atomic mass is 11.3. The second kappa shape index (κ2) is 608. The lowest BCUT2D eigenvalue weighted by Gasteiger charge is -1.01. The Morgan fingerprint density at radius 2 is 0.625 bits per heavy atom. The third kappa shape index (κ3) is 342. The van der Waals surface area contributed by atoms with Gasteiger partial charge in [0.1, 0.15) is 12.0 Å². The molecule has 0 fully saturated rings. The molecule has 0 aromatic carbocycles. The lowest BCUT2D eigenvalue weighted by molar-refractivity contribution is 0.906. The third-order valence-electron chi connectivity index (χ3n) is 0.